The van der Waals surface area contributed by atoms with Gasteiger partial charge in [0.25, 0.3) is 6.72 Å². The summed E-state index contributed by atoms with van der Waals surface area (Å²) in [6.45, 7) is 13.1. The Labute approximate surface area is 268 Å². The number of anilines is 2. The maximum Gasteiger partial charge on any atom is 0.416 e. The molecule has 1 saturated carbocycles. The second-order valence-electron chi connectivity index (χ2n) is 12.2. The highest BCUT2D eigenvalue weighted by atomic mass is 19.4. The molecule has 5 rings (SSSR count). The third kappa shape index (κ3) is 8.69. The molecule has 0 spiro atoms. The van der Waals surface area contributed by atoms with E-state index in [0.29, 0.717) is 11.6 Å². The fourth-order valence-corrected chi connectivity index (χ4v) is 5.63. The van der Waals surface area contributed by atoms with Crippen LogP contribution in [0, 0.1) is 6.92 Å². The maximum absolute atomic E-state index is 13.1. The van der Waals surface area contributed by atoms with Crippen LogP contribution in [0.4, 0.5) is 29.3 Å². The number of benzene rings is 2. The molecule has 3 aromatic rings. The fourth-order valence-electron chi connectivity index (χ4n) is 5.63. The smallest absolute Gasteiger partial charge is 0.308 e. The molecule has 1 aliphatic carbocycles. The van der Waals surface area contributed by atoms with E-state index in [2.05, 4.69) is 51.9 Å². The van der Waals surface area contributed by atoms with Crippen LogP contribution >= 0.6 is 0 Å². The molecule has 1 atom stereocenters. The number of nitrogens with one attached hydrogen (secondary N) is 2. The van der Waals surface area contributed by atoms with Crippen LogP contribution in [0.5, 0.6) is 0 Å². The lowest BCUT2D eigenvalue weighted by Crippen LogP contribution is -2.45. The van der Waals surface area contributed by atoms with Gasteiger partial charge in [-0.05, 0) is 87.7 Å². The average Bonchev–Trinajstić information content (AvgIpc) is 3.86. The van der Waals surface area contributed by atoms with Crippen molar-refractivity contribution < 1.29 is 18.0 Å². The Kier molecular flexibility index (Phi) is 10.4. The molecule has 0 radical (unpaired) electrons. The standard InChI is InChI=1S/C35H40F3N7O/c1-23(14-15-45-18-16-44(4)17-19-45)40-32(22-39-3)33-24(2)41-31(26-8-9-26)21-30(33)25-10-12-28(13-11-25)42-34(46)43-29-7-5-6-27(20-29)35(36,37)38/h5-7,10-13,20-23,26H,3,8-9,14-19H2,1-2,4H3,(H-,40,41,42,43,46)/p+1. The van der Waals surface area contributed by atoms with Gasteiger partial charge >= 0.3 is 18.4 Å². The van der Waals surface area contributed by atoms with Crippen molar-refractivity contribution in [3.63, 3.8) is 0 Å². The van der Waals surface area contributed by atoms with Gasteiger partial charge in [0.1, 0.15) is 5.71 Å². The second kappa shape index (κ2) is 14.4. The summed E-state index contributed by atoms with van der Waals surface area (Å²) >= 11 is 0. The first-order valence-electron chi connectivity index (χ1n) is 15.7. The van der Waals surface area contributed by atoms with Crippen LogP contribution in [0.25, 0.3) is 11.1 Å². The number of urea groups is 1. The number of alkyl halides is 3. The van der Waals surface area contributed by atoms with Gasteiger partial charge in [-0.15, -0.1) is 4.67 Å². The van der Waals surface area contributed by atoms with Crippen molar-refractivity contribution in [2.24, 2.45) is 4.99 Å². The van der Waals surface area contributed by atoms with E-state index >= 15 is 0 Å². The van der Waals surface area contributed by atoms with E-state index < -0.39 is 17.8 Å². The summed E-state index contributed by atoms with van der Waals surface area (Å²) in [5.74, 6) is 0.441. The maximum atomic E-state index is 13.1. The van der Waals surface area contributed by atoms with Crippen LogP contribution in [-0.4, -0.2) is 85.3 Å². The summed E-state index contributed by atoms with van der Waals surface area (Å²) < 4.78 is 43.3. The number of piperazine rings is 1. The number of amides is 2. The molecule has 242 valence electrons. The third-order valence-electron chi connectivity index (χ3n) is 8.41. The van der Waals surface area contributed by atoms with Crippen LogP contribution < -0.4 is 15.3 Å². The number of aliphatic imine (C=N–C) groups is 1. The predicted octanol–water partition coefficient (Wildman–Crippen LogP) is 6.25. The zero-order valence-corrected chi connectivity index (χ0v) is 26.6. The van der Waals surface area contributed by atoms with E-state index in [1.54, 1.807) is 18.3 Å². The second-order valence-corrected chi connectivity index (χ2v) is 12.2. The van der Waals surface area contributed by atoms with E-state index in [-0.39, 0.29) is 11.7 Å². The summed E-state index contributed by atoms with van der Waals surface area (Å²) in [6.07, 6.45) is 0.341. The molecule has 1 unspecified atom stereocenters. The first-order chi connectivity index (χ1) is 22.0. The highest BCUT2D eigenvalue weighted by Gasteiger charge is 2.31. The van der Waals surface area contributed by atoms with E-state index in [1.807, 2.05) is 19.1 Å². The van der Waals surface area contributed by atoms with Gasteiger partial charge in [-0.25, -0.2) is 4.79 Å². The van der Waals surface area contributed by atoms with Crippen molar-refractivity contribution in [2.75, 3.05) is 50.4 Å². The zero-order chi connectivity index (χ0) is 32.8. The normalized spacial score (nSPS) is 16.9. The van der Waals surface area contributed by atoms with Crippen LogP contribution in [0.15, 0.2) is 59.6 Å². The largest absolute Gasteiger partial charge is 0.416 e. The van der Waals surface area contributed by atoms with Crippen LogP contribution in [0.2, 0.25) is 0 Å². The lowest BCUT2D eigenvalue weighted by molar-refractivity contribution is -0.137. The number of hydrogen-bond donors (Lipinski definition) is 2. The van der Waals surface area contributed by atoms with Gasteiger partial charge in [0.2, 0.25) is 0 Å². The lowest BCUT2D eigenvalue weighted by atomic mass is 9.94. The first-order valence-corrected chi connectivity index (χ1v) is 15.7. The number of hydrogen-bond acceptors (Lipinski definition) is 5. The van der Waals surface area contributed by atoms with E-state index in [4.69, 9.17) is 9.98 Å². The number of aromatic nitrogens is 1. The molecule has 2 heterocycles. The van der Waals surface area contributed by atoms with Gasteiger partial charge in [-0.3, -0.25) is 9.98 Å². The monoisotopic (exact) mass is 632 g/mol. The van der Waals surface area contributed by atoms with Crippen LogP contribution in [0.1, 0.15) is 54.6 Å². The summed E-state index contributed by atoms with van der Waals surface area (Å²) in [7, 11) is 2.16. The highest BCUT2D eigenvalue weighted by molar-refractivity contribution is 6.39. The minimum atomic E-state index is -4.50. The minimum absolute atomic E-state index is 0.0464. The van der Waals surface area contributed by atoms with Crippen molar-refractivity contribution in [1.82, 2.24) is 19.5 Å². The van der Waals surface area contributed by atoms with Gasteiger partial charge in [0, 0.05) is 73.0 Å². The van der Waals surface area contributed by atoms with Crippen molar-refractivity contribution in [2.45, 2.75) is 51.2 Å². The Morgan fingerprint density at radius 3 is 2.43 bits per heavy atom. The van der Waals surface area contributed by atoms with E-state index in [1.165, 1.54) is 12.1 Å². The van der Waals surface area contributed by atoms with E-state index in [9.17, 15) is 18.0 Å². The molecule has 8 nitrogen and oxygen atoms in total. The molecule has 0 bridgehead atoms. The van der Waals surface area contributed by atoms with Crippen LogP contribution in [-0.2, 0) is 6.18 Å². The summed E-state index contributed by atoms with van der Waals surface area (Å²) in [5.41, 5.74) is 5.14. The number of nitrogens with zero attached hydrogens (tertiary/aromatic N) is 5. The molecular formula is C35H41F3N7O+. The molecule has 2 N–H and O–H groups in total. The Hall–Kier alpha value is -4.31. The topological polar surface area (TPSA) is 87.0 Å². The summed E-state index contributed by atoms with van der Waals surface area (Å²) in [6, 6.07) is 13.4. The number of carbonyl (C=O) groups excluding carboxylic acids is 1. The number of rotatable bonds is 10. The van der Waals surface area contributed by atoms with Gasteiger partial charge in [-0.1, -0.05) is 18.2 Å². The predicted molar refractivity (Wildman–Crippen MR) is 180 cm³/mol. The summed E-state index contributed by atoms with van der Waals surface area (Å²) in [5, 5.41) is 5.18. The molecule has 2 amide bonds. The molecule has 2 fully saturated rings. The zero-order valence-electron chi connectivity index (χ0n) is 26.6. The average molecular weight is 633 g/mol. The van der Waals surface area contributed by atoms with Gasteiger partial charge < -0.3 is 20.4 Å². The number of likely N-dealkylation sites (N-methyl/N-ethyl adjacent to an activating group) is 1. The molecule has 2 aliphatic rings. The molecular weight excluding hydrogens is 591 g/mol. The number of pyridine rings is 1. The molecule has 1 saturated heterocycles. The highest BCUT2D eigenvalue weighted by Crippen LogP contribution is 2.41. The molecule has 11 heteroatoms. The first kappa shape index (κ1) is 33.1. The quantitative estimate of drug-likeness (QED) is 0.204. The Morgan fingerprint density at radius 1 is 1.09 bits per heavy atom. The Bertz CT molecular complexity index is 1620. The summed E-state index contributed by atoms with van der Waals surface area (Å²) in [4.78, 5) is 27.5. The third-order valence-corrected chi connectivity index (χ3v) is 8.41. The lowest BCUT2D eigenvalue weighted by Gasteiger charge is -2.32. The molecule has 1 aromatic heterocycles. The molecule has 2 aromatic carbocycles. The number of aryl methyl sites for hydroxylation is 1. The molecule has 1 aliphatic heterocycles. The van der Waals surface area contributed by atoms with Crippen molar-refractivity contribution >= 4 is 36.0 Å². The number of halogens is 3. The van der Waals surface area contributed by atoms with Gasteiger partial charge in [0.15, 0.2) is 0 Å². The van der Waals surface area contributed by atoms with Crippen molar-refractivity contribution in [3.8, 4) is 11.1 Å². The van der Waals surface area contributed by atoms with Crippen LogP contribution in [0.3, 0.4) is 0 Å². The Balaban J connectivity index is 1.36. The van der Waals surface area contributed by atoms with Gasteiger partial charge in [-0.2, -0.15) is 13.2 Å². The SMILES string of the molecule is C=[N+]=CC(=NC(C)CCN1CCN(C)CC1)c1c(-c2ccc(NC(=O)Nc3cccc(C(F)(F)F)c3)cc2)cc(C2CC2)nc1C. The fraction of sp³-hybridized carbons (Fsp3) is 0.400. The van der Waals surface area contributed by atoms with Crippen molar-refractivity contribution in [3.05, 3.63) is 77.1 Å². The minimum Gasteiger partial charge on any atom is -0.308 e. The number of carbonyl (C=O) groups is 1. The van der Waals surface area contributed by atoms with E-state index in [0.717, 1.165) is 97.9 Å². The Morgan fingerprint density at radius 2 is 1.78 bits per heavy atom. The van der Waals surface area contributed by atoms with Crippen molar-refractivity contribution in [1.29, 1.82) is 0 Å². The van der Waals surface area contributed by atoms with Gasteiger partial charge in [0.05, 0.1) is 5.56 Å². The molecule has 46 heavy (non-hydrogen) atoms.